The maximum absolute atomic E-state index is 3.86. The van der Waals surface area contributed by atoms with Crippen molar-refractivity contribution < 1.29 is 0 Å². The second kappa shape index (κ2) is 3.20. The quantitative estimate of drug-likeness (QED) is 0.610. The van der Waals surface area contributed by atoms with E-state index in [1.807, 2.05) is 0 Å². The molecule has 0 aromatic heterocycles. The summed E-state index contributed by atoms with van der Waals surface area (Å²) in [4.78, 5) is 0. The van der Waals surface area contributed by atoms with Gasteiger partial charge in [0.15, 0.2) is 5.82 Å². The van der Waals surface area contributed by atoms with Crippen LogP contribution in [0.4, 0.5) is 0 Å². The molecule has 4 nitrogen and oxygen atoms in total. The van der Waals surface area contributed by atoms with E-state index < -0.39 is 0 Å². The maximum Gasteiger partial charge on any atom is 0.169 e. The van der Waals surface area contributed by atoms with Gasteiger partial charge in [-0.05, 0) is 18.4 Å². The first kappa shape index (κ1) is 7.05. The van der Waals surface area contributed by atoms with E-state index in [1.165, 1.54) is 5.57 Å². The molecule has 10 heavy (non-hydrogen) atoms. The Morgan fingerprint density at radius 2 is 2.10 bits per heavy atom. The molecular weight excluding hydrogens is 128 g/mol. The molecule has 0 radical (unpaired) electrons. The van der Waals surface area contributed by atoms with Crippen LogP contribution in [0.1, 0.15) is 26.7 Å². The lowest BCUT2D eigenvalue weighted by Gasteiger charge is -2.01. The molecule has 0 spiro atoms. The number of nitrogens with zero attached hydrogens (tertiary/aromatic N) is 2. The minimum Gasteiger partial charge on any atom is -0.265 e. The molecule has 2 N–H and O–H groups in total. The molecule has 4 heteroatoms. The van der Waals surface area contributed by atoms with Crippen LogP contribution in [0.3, 0.4) is 0 Å². The first-order valence-corrected chi connectivity index (χ1v) is 3.52. The molecule has 0 aromatic carbocycles. The molecule has 0 saturated heterocycles. The van der Waals surface area contributed by atoms with E-state index in [9.17, 15) is 0 Å². The summed E-state index contributed by atoms with van der Waals surface area (Å²) in [5.74, 6) is 0.880. The molecule has 1 rings (SSSR count). The molecule has 0 aliphatic carbocycles. The predicted octanol–water partition coefficient (Wildman–Crippen LogP) is 1.49. The van der Waals surface area contributed by atoms with E-state index >= 15 is 0 Å². The van der Waals surface area contributed by atoms with Crippen LogP contribution in [0.2, 0.25) is 0 Å². The van der Waals surface area contributed by atoms with Gasteiger partial charge >= 0.3 is 0 Å². The first-order valence-electron chi connectivity index (χ1n) is 3.52. The van der Waals surface area contributed by atoms with Crippen LogP contribution in [0.5, 0.6) is 0 Å². The zero-order chi connectivity index (χ0) is 7.40. The summed E-state index contributed by atoms with van der Waals surface area (Å²) in [6.07, 6.45) is 2.05. The van der Waals surface area contributed by atoms with E-state index in [4.69, 9.17) is 0 Å². The highest BCUT2D eigenvalue weighted by Gasteiger charge is 2.04. The number of nitrogens with one attached hydrogen (secondary N) is 2. The van der Waals surface area contributed by atoms with Crippen LogP contribution in [0.15, 0.2) is 21.7 Å². The minimum atomic E-state index is 0.880. The topological polar surface area (TPSA) is 48.8 Å². The van der Waals surface area contributed by atoms with Crippen molar-refractivity contribution in [2.24, 2.45) is 10.3 Å². The van der Waals surface area contributed by atoms with Gasteiger partial charge in [-0.1, -0.05) is 19.1 Å². The molecule has 1 aliphatic rings. The van der Waals surface area contributed by atoms with Crippen molar-refractivity contribution >= 4 is 0 Å². The Bertz CT molecular complexity index is 165. The molecule has 0 saturated carbocycles. The summed E-state index contributed by atoms with van der Waals surface area (Å²) < 4.78 is 0. The number of hydrogen-bond acceptors (Lipinski definition) is 4. The van der Waals surface area contributed by atoms with Crippen molar-refractivity contribution in [1.29, 1.82) is 0 Å². The van der Waals surface area contributed by atoms with Crippen molar-refractivity contribution in [2.75, 3.05) is 0 Å². The van der Waals surface area contributed by atoms with E-state index in [1.54, 1.807) is 0 Å². The zero-order valence-electron chi connectivity index (χ0n) is 6.31. The van der Waals surface area contributed by atoms with Crippen molar-refractivity contribution in [3.63, 3.8) is 0 Å². The van der Waals surface area contributed by atoms with E-state index in [0.717, 1.165) is 18.7 Å². The predicted molar refractivity (Wildman–Crippen MR) is 38.7 cm³/mol. The van der Waals surface area contributed by atoms with Gasteiger partial charge in [-0.25, -0.2) is 5.53 Å². The van der Waals surface area contributed by atoms with Crippen molar-refractivity contribution in [1.82, 2.24) is 11.0 Å². The molecule has 0 fully saturated rings. The lowest BCUT2D eigenvalue weighted by Crippen LogP contribution is -2.19. The molecule has 1 aliphatic heterocycles. The van der Waals surface area contributed by atoms with E-state index in [2.05, 4.69) is 35.1 Å². The first-order chi connectivity index (χ1) is 4.88. The number of allylic oxidation sites excluding steroid dienone is 1. The third-order valence-electron chi connectivity index (χ3n) is 1.56. The zero-order valence-corrected chi connectivity index (χ0v) is 6.31. The highest BCUT2D eigenvalue weighted by atomic mass is 15.7. The Balaban J connectivity index is 2.70. The number of hydrazine groups is 1. The molecule has 1 heterocycles. The van der Waals surface area contributed by atoms with Crippen LogP contribution in [0.25, 0.3) is 0 Å². The van der Waals surface area contributed by atoms with Crippen LogP contribution in [0, 0.1) is 0 Å². The van der Waals surface area contributed by atoms with Gasteiger partial charge < -0.3 is 0 Å². The average Bonchev–Trinajstić information content (AvgIpc) is 2.43. The highest BCUT2D eigenvalue weighted by molar-refractivity contribution is 5.10. The summed E-state index contributed by atoms with van der Waals surface area (Å²) in [6, 6.07) is 0. The third-order valence-corrected chi connectivity index (χ3v) is 1.56. The minimum absolute atomic E-state index is 0.880. The summed E-state index contributed by atoms with van der Waals surface area (Å²) in [7, 11) is 0. The highest BCUT2D eigenvalue weighted by Crippen LogP contribution is 2.12. The molecule has 56 valence electrons. The molecule has 0 bridgehead atoms. The van der Waals surface area contributed by atoms with Gasteiger partial charge in [-0.3, -0.25) is 5.43 Å². The fraction of sp³-hybridized carbons (Fsp3) is 0.667. The Labute approximate surface area is 60.4 Å². The number of hydrogen-bond donors (Lipinski definition) is 2. The van der Waals surface area contributed by atoms with Gasteiger partial charge in [0.05, 0.1) is 0 Å². The van der Waals surface area contributed by atoms with Crippen LogP contribution in [-0.2, 0) is 0 Å². The second-order valence-electron chi connectivity index (χ2n) is 2.10. The van der Waals surface area contributed by atoms with Crippen molar-refractivity contribution in [2.45, 2.75) is 26.7 Å². The van der Waals surface area contributed by atoms with Gasteiger partial charge in [0.25, 0.3) is 0 Å². The smallest absolute Gasteiger partial charge is 0.169 e. The lowest BCUT2D eigenvalue weighted by atomic mass is 10.1. The second-order valence-corrected chi connectivity index (χ2v) is 2.10. The van der Waals surface area contributed by atoms with Gasteiger partial charge in [-0.2, -0.15) is 0 Å². The van der Waals surface area contributed by atoms with Crippen LogP contribution in [-0.4, -0.2) is 0 Å². The fourth-order valence-electron chi connectivity index (χ4n) is 0.922. The molecular formula is C6H12N4. The van der Waals surface area contributed by atoms with E-state index in [0.29, 0.717) is 0 Å². The van der Waals surface area contributed by atoms with Gasteiger partial charge in [0.1, 0.15) is 0 Å². The molecule has 0 amide bonds. The van der Waals surface area contributed by atoms with Gasteiger partial charge in [0.2, 0.25) is 0 Å². The third kappa shape index (κ3) is 1.26. The monoisotopic (exact) mass is 140 g/mol. The Hall–Kier alpha value is -1.06. The standard InChI is InChI=1S/C6H12N4/c1-3-5(4-2)6-7-9-10-8-6/h3-4H2,1-2H3,(H,7,10)(H,8,9). The van der Waals surface area contributed by atoms with Crippen molar-refractivity contribution in [3.8, 4) is 0 Å². The summed E-state index contributed by atoms with van der Waals surface area (Å²) in [6.45, 7) is 4.22. The molecule has 0 aromatic rings. The maximum atomic E-state index is 3.86. The Kier molecular flexibility index (Phi) is 2.25. The molecule has 0 unspecified atom stereocenters. The molecule has 0 atom stereocenters. The largest absolute Gasteiger partial charge is 0.265 e. The van der Waals surface area contributed by atoms with Crippen LogP contribution >= 0.6 is 0 Å². The summed E-state index contributed by atoms with van der Waals surface area (Å²) in [5.41, 5.74) is 6.73. The SMILES string of the molecule is CCC(CC)=C1N=NNN1. The Morgan fingerprint density at radius 3 is 2.50 bits per heavy atom. The van der Waals surface area contributed by atoms with Gasteiger partial charge in [-0.15, -0.1) is 5.11 Å². The summed E-state index contributed by atoms with van der Waals surface area (Å²) >= 11 is 0. The van der Waals surface area contributed by atoms with Crippen LogP contribution < -0.4 is 11.0 Å². The Morgan fingerprint density at radius 1 is 1.40 bits per heavy atom. The normalized spacial score (nSPS) is 14.8. The van der Waals surface area contributed by atoms with E-state index in [-0.39, 0.29) is 0 Å². The van der Waals surface area contributed by atoms with Crippen molar-refractivity contribution in [3.05, 3.63) is 11.4 Å². The summed E-state index contributed by atoms with van der Waals surface area (Å²) in [5, 5.41) is 7.45. The number of rotatable bonds is 2. The fourth-order valence-corrected chi connectivity index (χ4v) is 0.922. The average molecular weight is 140 g/mol. The van der Waals surface area contributed by atoms with Gasteiger partial charge in [0, 0.05) is 0 Å². The lowest BCUT2D eigenvalue weighted by molar-refractivity contribution is 0.679.